The van der Waals surface area contributed by atoms with E-state index in [-0.39, 0.29) is 23.4 Å². The molecule has 2 N–H and O–H groups in total. The summed E-state index contributed by atoms with van der Waals surface area (Å²) in [4.78, 5) is 29.4. The van der Waals surface area contributed by atoms with Crippen LogP contribution in [0.2, 0.25) is 0 Å². The van der Waals surface area contributed by atoms with Crippen molar-refractivity contribution in [2.75, 3.05) is 24.3 Å². The third kappa shape index (κ3) is 4.92. The van der Waals surface area contributed by atoms with Crippen molar-refractivity contribution < 1.29 is 14.0 Å². The third-order valence-corrected chi connectivity index (χ3v) is 7.19. The van der Waals surface area contributed by atoms with E-state index in [4.69, 9.17) is 0 Å². The first-order chi connectivity index (χ1) is 17.8. The van der Waals surface area contributed by atoms with Crippen molar-refractivity contribution in [2.24, 2.45) is 0 Å². The zero-order valence-corrected chi connectivity index (χ0v) is 21.2. The zero-order valence-electron chi connectivity index (χ0n) is 21.2. The van der Waals surface area contributed by atoms with Crippen LogP contribution in [0.25, 0.3) is 0 Å². The minimum atomic E-state index is -0.503. The van der Waals surface area contributed by atoms with E-state index in [9.17, 15) is 14.0 Å². The van der Waals surface area contributed by atoms with Crippen LogP contribution in [0, 0.1) is 5.82 Å². The number of halogens is 1. The molecule has 37 heavy (non-hydrogen) atoms. The van der Waals surface area contributed by atoms with Gasteiger partial charge in [0, 0.05) is 60.3 Å². The lowest BCUT2D eigenvalue weighted by atomic mass is 9.71. The number of hydrogen-bond donors (Lipinski definition) is 2. The second-order valence-corrected chi connectivity index (χ2v) is 9.87. The molecule has 0 radical (unpaired) electrons. The number of carbonyl (C=O) groups excluding carboxylic acids is 2. The summed E-state index contributed by atoms with van der Waals surface area (Å²) in [5.74, 6) is -1.06. The Morgan fingerprint density at radius 3 is 2.24 bits per heavy atom. The fourth-order valence-corrected chi connectivity index (χ4v) is 5.33. The van der Waals surface area contributed by atoms with Crippen molar-refractivity contribution in [3.05, 3.63) is 118 Å². The number of carbonyl (C=O) groups is 2. The summed E-state index contributed by atoms with van der Waals surface area (Å²) in [5, 5.41) is 6.31. The Morgan fingerprint density at radius 1 is 0.919 bits per heavy atom. The summed E-state index contributed by atoms with van der Waals surface area (Å²) >= 11 is 0. The summed E-state index contributed by atoms with van der Waals surface area (Å²) < 4.78 is 13.4. The van der Waals surface area contributed by atoms with Gasteiger partial charge in [-0.1, -0.05) is 42.5 Å². The van der Waals surface area contributed by atoms with Gasteiger partial charge >= 0.3 is 0 Å². The molecule has 0 saturated carbocycles. The quantitative estimate of drug-likeness (QED) is 0.463. The highest BCUT2D eigenvalue weighted by Gasteiger charge is 2.40. The van der Waals surface area contributed by atoms with Crippen LogP contribution in [0.3, 0.4) is 0 Å². The lowest BCUT2D eigenvalue weighted by Gasteiger charge is -2.37. The molecule has 0 aromatic heterocycles. The van der Waals surface area contributed by atoms with Crippen LogP contribution in [0.4, 0.5) is 15.8 Å². The molecular formula is C31H30FN3O2. The topological polar surface area (TPSA) is 61.4 Å². The average molecular weight is 496 g/mol. The summed E-state index contributed by atoms with van der Waals surface area (Å²) in [6.07, 6.45) is 1.09. The normalized spacial score (nSPS) is 19.3. The largest absolute Gasteiger partial charge is 0.378 e. The van der Waals surface area contributed by atoms with Gasteiger partial charge in [0.05, 0.1) is 0 Å². The van der Waals surface area contributed by atoms with E-state index < -0.39 is 5.92 Å². The zero-order chi connectivity index (χ0) is 26.1. The van der Waals surface area contributed by atoms with Crippen molar-refractivity contribution >= 4 is 23.1 Å². The number of Topliss-reactive ketones (excluding diaryl/α,β-unsaturated/α-hetero) is 1. The van der Waals surface area contributed by atoms with E-state index in [2.05, 4.69) is 22.8 Å². The molecule has 2 aliphatic rings. The highest BCUT2D eigenvalue weighted by molar-refractivity contribution is 6.10. The number of anilines is 2. The predicted molar refractivity (Wildman–Crippen MR) is 145 cm³/mol. The van der Waals surface area contributed by atoms with E-state index in [1.807, 2.05) is 68.4 Å². The SMILES string of the molecule is CC1=C(C(=O)Nc2ccc(F)cc2)[C@@H](c2ccc(N(C)C)cc2)C2=C(C[C@@H](c3ccccc3)CC2=O)N1. The van der Waals surface area contributed by atoms with Crippen molar-refractivity contribution in [1.29, 1.82) is 0 Å². The van der Waals surface area contributed by atoms with E-state index in [0.29, 0.717) is 35.4 Å². The van der Waals surface area contributed by atoms with E-state index >= 15 is 0 Å². The molecule has 2 atom stereocenters. The second-order valence-electron chi connectivity index (χ2n) is 9.87. The molecule has 0 unspecified atom stereocenters. The first kappa shape index (κ1) is 24.5. The van der Waals surface area contributed by atoms with Crippen LogP contribution < -0.4 is 15.5 Å². The van der Waals surface area contributed by atoms with Crippen molar-refractivity contribution in [3.63, 3.8) is 0 Å². The summed E-state index contributed by atoms with van der Waals surface area (Å²) in [6.45, 7) is 1.88. The van der Waals surface area contributed by atoms with Crippen LogP contribution in [0.1, 0.15) is 42.7 Å². The average Bonchev–Trinajstić information content (AvgIpc) is 2.89. The van der Waals surface area contributed by atoms with Gasteiger partial charge in [-0.25, -0.2) is 4.39 Å². The Kier molecular flexibility index (Phi) is 6.66. The van der Waals surface area contributed by atoms with E-state index in [0.717, 1.165) is 22.5 Å². The van der Waals surface area contributed by atoms with Gasteiger partial charge in [-0.2, -0.15) is 0 Å². The number of allylic oxidation sites excluding steroid dienone is 3. The molecule has 0 bridgehead atoms. The maximum absolute atomic E-state index is 13.7. The molecule has 0 spiro atoms. The van der Waals surface area contributed by atoms with Gasteiger partial charge < -0.3 is 15.5 Å². The molecular weight excluding hydrogens is 465 g/mol. The number of nitrogens with one attached hydrogen (secondary N) is 2. The van der Waals surface area contributed by atoms with Crippen LogP contribution in [0.15, 0.2) is 101 Å². The number of nitrogens with zero attached hydrogens (tertiary/aromatic N) is 1. The second kappa shape index (κ2) is 10.1. The Hall–Kier alpha value is -4.19. The first-order valence-electron chi connectivity index (χ1n) is 12.4. The van der Waals surface area contributed by atoms with Crippen molar-refractivity contribution in [3.8, 4) is 0 Å². The minimum absolute atomic E-state index is 0.0453. The van der Waals surface area contributed by atoms with Gasteiger partial charge in [0.2, 0.25) is 0 Å². The maximum Gasteiger partial charge on any atom is 0.254 e. The summed E-state index contributed by atoms with van der Waals surface area (Å²) in [5.41, 5.74) is 6.28. The molecule has 1 heterocycles. The maximum atomic E-state index is 13.7. The molecule has 3 aromatic rings. The molecule has 1 aliphatic heterocycles. The van der Waals surface area contributed by atoms with Gasteiger partial charge in [-0.15, -0.1) is 0 Å². The van der Waals surface area contributed by atoms with Crippen molar-refractivity contribution in [2.45, 2.75) is 31.6 Å². The monoisotopic (exact) mass is 495 g/mol. The number of dihydropyridines is 1. The highest BCUT2D eigenvalue weighted by atomic mass is 19.1. The summed E-state index contributed by atoms with van der Waals surface area (Å²) in [7, 11) is 3.94. The Morgan fingerprint density at radius 2 is 1.59 bits per heavy atom. The Balaban J connectivity index is 1.56. The number of hydrogen-bond acceptors (Lipinski definition) is 4. The molecule has 0 saturated heterocycles. The van der Waals surface area contributed by atoms with Gasteiger partial charge in [-0.3, -0.25) is 9.59 Å². The lowest BCUT2D eigenvalue weighted by molar-refractivity contribution is -0.116. The molecule has 6 heteroatoms. The number of rotatable bonds is 5. The molecule has 5 nitrogen and oxygen atoms in total. The first-order valence-corrected chi connectivity index (χ1v) is 12.4. The van der Waals surface area contributed by atoms with Crippen LogP contribution in [0.5, 0.6) is 0 Å². The Bertz CT molecular complexity index is 1390. The molecule has 1 aliphatic carbocycles. The van der Waals surface area contributed by atoms with Crippen LogP contribution in [-0.4, -0.2) is 25.8 Å². The molecule has 188 valence electrons. The predicted octanol–water partition coefficient (Wildman–Crippen LogP) is 5.89. The molecule has 1 amide bonds. The lowest BCUT2D eigenvalue weighted by Crippen LogP contribution is -2.37. The molecule has 3 aromatic carbocycles. The van der Waals surface area contributed by atoms with Gasteiger partial charge in [0.1, 0.15) is 5.82 Å². The number of ketones is 1. The smallest absolute Gasteiger partial charge is 0.254 e. The molecule has 5 rings (SSSR count). The fraction of sp³-hybridized carbons (Fsp3) is 0.226. The standard InChI is InChI=1S/C31H30FN3O2/c1-19-28(31(37)34-24-13-11-23(32)12-14-24)29(21-9-15-25(16-10-21)35(2)3)30-26(33-19)17-22(18-27(30)36)20-7-5-4-6-8-20/h4-16,22,29,33H,17-18H2,1-3H3,(H,34,37)/t22-,29-/m1/s1. The number of amides is 1. The van der Waals surface area contributed by atoms with E-state index in [1.54, 1.807) is 0 Å². The van der Waals surface area contributed by atoms with E-state index in [1.165, 1.54) is 24.3 Å². The Labute approximate surface area is 216 Å². The molecule has 0 fully saturated rings. The van der Waals surface area contributed by atoms with Crippen molar-refractivity contribution in [1.82, 2.24) is 5.32 Å². The highest BCUT2D eigenvalue weighted by Crippen LogP contribution is 2.45. The fourth-order valence-electron chi connectivity index (χ4n) is 5.33. The minimum Gasteiger partial charge on any atom is -0.378 e. The number of benzene rings is 3. The third-order valence-electron chi connectivity index (χ3n) is 7.19. The van der Waals surface area contributed by atoms with Crippen LogP contribution >= 0.6 is 0 Å². The van der Waals surface area contributed by atoms with Gasteiger partial charge in [0.25, 0.3) is 5.91 Å². The van der Waals surface area contributed by atoms with Gasteiger partial charge in [0.15, 0.2) is 5.78 Å². The summed E-state index contributed by atoms with van der Waals surface area (Å²) in [6, 6.07) is 23.8. The van der Waals surface area contributed by atoms with Gasteiger partial charge in [-0.05, 0) is 66.8 Å². The van der Waals surface area contributed by atoms with Crippen LogP contribution in [-0.2, 0) is 9.59 Å².